The summed E-state index contributed by atoms with van der Waals surface area (Å²) in [5.41, 5.74) is 4.61. The van der Waals surface area contributed by atoms with E-state index in [2.05, 4.69) is 4.98 Å². The topological polar surface area (TPSA) is 60.9 Å². The molecule has 0 N–H and O–H groups in total. The third-order valence-electron chi connectivity index (χ3n) is 7.18. The van der Waals surface area contributed by atoms with Crippen LogP contribution in [0.2, 0.25) is 0 Å². The predicted octanol–water partition coefficient (Wildman–Crippen LogP) is 6.61. The van der Waals surface area contributed by atoms with Gasteiger partial charge < -0.3 is 19.1 Å². The van der Waals surface area contributed by atoms with Crippen molar-refractivity contribution < 1.29 is 23.4 Å². The molecule has 0 amide bonds. The van der Waals surface area contributed by atoms with Crippen LogP contribution < -0.4 is 14.4 Å². The van der Waals surface area contributed by atoms with E-state index in [1.807, 2.05) is 84.6 Å². The number of hydrogen-bond donors (Lipinski definition) is 0. The minimum absolute atomic E-state index is 0.205. The number of rotatable bonds is 10. The molecule has 1 aliphatic heterocycles. The van der Waals surface area contributed by atoms with Crippen molar-refractivity contribution in [3.8, 4) is 22.9 Å². The number of ether oxygens (including phenoxy) is 3. The fraction of sp³-hybridized carbons (Fsp3) is 0.273. The first-order valence-corrected chi connectivity index (χ1v) is 13.6. The van der Waals surface area contributed by atoms with Crippen molar-refractivity contribution in [3.63, 3.8) is 0 Å². The number of aromatic nitrogens is 1. The van der Waals surface area contributed by atoms with Crippen molar-refractivity contribution in [2.45, 2.75) is 33.0 Å². The summed E-state index contributed by atoms with van der Waals surface area (Å²) in [6, 6.07) is 26.7. The first-order chi connectivity index (χ1) is 19.6. The van der Waals surface area contributed by atoms with Crippen LogP contribution in [-0.4, -0.2) is 31.2 Å². The van der Waals surface area contributed by atoms with Crippen LogP contribution in [0.25, 0.3) is 11.1 Å². The lowest BCUT2D eigenvalue weighted by Gasteiger charge is -2.22. The van der Waals surface area contributed by atoms with Crippen molar-refractivity contribution in [2.24, 2.45) is 5.92 Å². The maximum absolute atomic E-state index is 15.9. The molecule has 0 bridgehead atoms. The number of hydrogen-bond acceptors (Lipinski definition) is 6. The molecule has 1 atom stereocenters. The summed E-state index contributed by atoms with van der Waals surface area (Å²) in [5, 5.41) is 0. The van der Waals surface area contributed by atoms with Gasteiger partial charge in [-0.2, -0.15) is 4.98 Å². The number of methoxy groups -OCH3 is 1. The molecule has 4 aromatic rings. The average Bonchev–Trinajstić information content (AvgIpc) is 3.50. The molecule has 5 rings (SSSR count). The fourth-order valence-electron chi connectivity index (χ4n) is 5.03. The highest BCUT2D eigenvalue weighted by atomic mass is 19.1. The molecule has 7 heteroatoms. The summed E-state index contributed by atoms with van der Waals surface area (Å²) >= 11 is 0. The van der Waals surface area contributed by atoms with Crippen LogP contribution in [0, 0.1) is 11.7 Å². The standard InChI is InChI=1S/C33H33FN2O4/c1-3-25-18-27(36-17-16-26(20-36)33(37)38-2)19-29(34)31(25)28-14-15-30(39-21-23-10-6-4-7-11-23)35-32(28)40-22-24-12-8-5-9-13-24/h4-15,18-19,26H,3,16-17,20-22H2,1-2H3/t26-/m1/s1. The van der Waals surface area contributed by atoms with Crippen LogP contribution in [0.3, 0.4) is 0 Å². The van der Waals surface area contributed by atoms with Gasteiger partial charge in [0.25, 0.3) is 0 Å². The number of anilines is 1. The van der Waals surface area contributed by atoms with Crippen molar-refractivity contribution >= 4 is 11.7 Å². The smallest absolute Gasteiger partial charge is 0.310 e. The SMILES string of the molecule is CCc1cc(N2CC[C@@H](C(=O)OC)C2)cc(F)c1-c1ccc(OCc2ccccc2)nc1OCc1ccccc1. The van der Waals surface area contributed by atoms with Gasteiger partial charge in [0.1, 0.15) is 19.0 Å². The minimum Gasteiger partial charge on any atom is -0.473 e. The highest BCUT2D eigenvalue weighted by molar-refractivity contribution is 5.77. The van der Waals surface area contributed by atoms with Crippen molar-refractivity contribution in [1.29, 1.82) is 0 Å². The summed E-state index contributed by atoms with van der Waals surface area (Å²) < 4.78 is 33.0. The predicted molar refractivity (Wildman–Crippen MR) is 153 cm³/mol. The Morgan fingerprint density at radius 2 is 1.62 bits per heavy atom. The zero-order valence-electron chi connectivity index (χ0n) is 22.8. The largest absolute Gasteiger partial charge is 0.473 e. The lowest BCUT2D eigenvalue weighted by atomic mass is 9.97. The minimum atomic E-state index is -0.361. The molecule has 0 unspecified atom stereocenters. The van der Waals surface area contributed by atoms with Gasteiger partial charge in [0.15, 0.2) is 0 Å². The van der Waals surface area contributed by atoms with Gasteiger partial charge in [0.2, 0.25) is 11.8 Å². The van der Waals surface area contributed by atoms with Crippen LogP contribution in [0.5, 0.6) is 11.8 Å². The van der Waals surface area contributed by atoms with Gasteiger partial charge in [-0.05, 0) is 47.7 Å². The second kappa shape index (κ2) is 12.6. The Kier molecular flexibility index (Phi) is 8.59. The molecule has 1 aliphatic rings. The average molecular weight is 541 g/mol. The van der Waals surface area contributed by atoms with Gasteiger partial charge in [-0.1, -0.05) is 67.6 Å². The van der Waals surface area contributed by atoms with Gasteiger partial charge in [-0.3, -0.25) is 4.79 Å². The Bertz CT molecular complexity index is 1450. The maximum atomic E-state index is 15.9. The van der Waals surface area contributed by atoms with E-state index in [4.69, 9.17) is 14.2 Å². The number of pyridine rings is 1. The van der Waals surface area contributed by atoms with E-state index in [0.29, 0.717) is 55.4 Å². The van der Waals surface area contributed by atoms with Crippen molar-refractivity contribution in [2.75, 3.05) is 25.1 Å². The molecular weight excluding hydrogens is 507 g/mol. The number of benzene rings is 3. The highest BCUT2D eigenvalue weighted by Crippen LogP contribution is 2.38. The molecule has 2 heterocycles. The van der Waals surface area contributed by atoms with Crippen LogP contribution >= 0.6 is 0 Å². The number of carbonyl (C=O) groups excluding carboxylic acids is 1. The molecule has 1 aromatic heterocycles. The van der Waals surface area contributed by atoms with Gasteiger partial charge >= 0.3 is 5.97 Å². The second-order valence-corrected chi connectivity index (χ2v) is 9.82. The van der Waals surface area contributed by atoms with E-state index < -0.39 is 0 Å². The number of aryl methyl sites for hydroxylation is 1. The van der Waals surface area contributed by atoms with Crippen molar-refractivity contribution in [3.05, 3.63) is 107 Å². The first kappa shape index (κ1) is 27.2. The van der Waals surface area contributed by atoms with E-state index in [9.17, 15) is 4.79 Å². The van der Waals surface area contributed by atoms with Crippen LogP contribution in [0.1, 0.15) is 30.0 Å². The zero-order chi connectivity index (χ0) is 27.9. The second-order valence-electron chi connectivity index (χ2n) is 9.82. The molecule has 0 radical (unpaired) electrons. The zero-order valence-corrected chi connectivity index (χ0v) is 22.8. The van der Waals surface area contributed by atoms with E-state index in [1.165, 1.54) is 13.2 Å². The Morgan fingerprint density at radius 1 is 0.950 bits per heavy atom. The van der Waals surface area contributed by atoms with Gasteiger partial charge in [-0.15, -0.1) is 0 Å². The number of halogens is 1. The van der Waals surface area contributed by atoms with Crippen LogP contribution in [0.4, 0.5) is 10.1 Å². The summed E-state index contributed by atoms with van der Waals surface area (Å²) in [5.74, 6) is -0.0841. The molecule has 1 fully saturated rings. The number of esters is 1. The van der Waals surface area contributed by atoms with Crippen LogP contribution in [0.15, 0.2) is 84.9 Å². The molecule has 6 nitrogen and oxygen atoms in total. The Hall–Kier alpha value is -4.39. The first-order valence-electron chi connectivity index (χ1n) is 13.6. The third-order valence-corrected chi connectivity index (χ3v) is 7.18. The molecule has 3 aromatic carbocycles. The number of nitrogens with zero attached hydrogens (tertiary/aromatic N) is 2. The molecule has 206 valence electrons. The quantitative estimate of drug-likeness (QED) is 0.211. The van der Waals surface area contributed by atoms with E-state index in [0.717, 1.165) is 22.4 Å². The monoisotopic (exact) mass is 540 g/mol. The molecule has 0 aliphatic carbocycles. The summed E-state index contributed by atoms with van der Waals surface area (Å²) in [7, 11) is 1.40. The Balaban J connectivity index is 1.46. The Labute approximate surface area is 234 Å². The molecule has 40 heavy (non-hydrogen) atoms. The normalized spacial score (nSPS) is 14.7. The van der Waals surface area contributed by atoms with E-state index >= 15 is 4.39 Å². The lowest BCUT2D eigenvalue weighted by molar-refractivity contribution is -0.144. The lowest BCUT2D eigenvalue weighted by Crippen LogP contribution is -2.23. The highest BCUT2D eigenvalue weighted by Gasteiger charge is 2.30. The molecular formula is C33H33FN2O4. The summed E-state index contributed by atoms with van der Waals surface area (Å²) in [4.78, 5) is 18.7. The molecule has 0 spiro atoms. The third kappa shape index (κ3) is 6.25. The van der Waals surface area contributed by atoms with E-state index in [-0.39, 0.29) is 24.3 Å². The van der Waals surface area contributed by atoms with Gasteiger partial charge in [0.05, 0.1) is 13.0 Å². The van der Waals surface area contributed by atoms with Gasteiger partial charge in [0, 0.05) is 36.0 Å². The Morgan fingerprint density at radius 3 is 2.27 bits per heavy atom. The summed E-state index contributed by atoms with van der Waals surface area (Å²) in [6.07, 6.45) is 1.29. The fourth-order valence-corrected chi connectivity index (χ4v) is 5.03. The number of carbonyl (C=O) groups is 1. The van der Waals surface area contributed by atoms with Gasteiger partial charge in [-0.25, -0.2) is 4.39 Å². The van der Waals surface area contributed by atoms with E-state index in [1.54, 1.807) is 6.07 Å². The summed E-state index contributed by atoms with van der Waals surface area (Å²) in [6.45, 7) is 3.82. The van der Waals surface area contributed by atoms with Crippen LogP contribution in [-0.2, 0) is 29.2 Å². The molecule has 0 saturated carbocycles. The van der Waals surface area contributed by atoms with Crippen molar-refractivity contribution in [1.82, 2.24) is 4.98 Å². The maximum Gasteiger partial charge on any atom is 0.310 e. The molecule has 1 saturated heterocycles.